The Bertz CT molecular complexity index is 1070. The largest absolute Gasteiger partial charge is 0.481 e. The smallest absolute Gasteiger partial charge is 0.305 e. The van der Waals surface area contributed by atoms with Crippen molar-refractivity contribution >= 4 is 23.6 Å². The summed E-state index contributed by atoms with van der Waals surface area (Å²) >= 11 is 1.92. The van der Waals surface area contributed by atoms with Gasteiger partial charge in [0, 0.05) is 28.2 Å². The molecule has 1 amide bonds. The summed E-state index contributed by atoms with van der Waals surface area (Å²) in [6.07, 6.45) is 14.0. The van der Waals surface area contributed by atoms with E-state index in [9.17, 15) is 9.59 Å². The second kappa shape index (κ2) is 14.1. The number of nitrogens with one attached hydrogen (secondary N) is 1. The quantitative estimate of drug-likeness (QED) is 0.272. The summed E-state index contributed by atoms with van der Waals surface area (Å²) in [6.45, 7) is 6.77. The number of allylic oxidation sites excluding steroid dienone is 3. The maximum atomic E-state index is 12.3. The summed E-state index contributed by atoms with van der Waals surface area (Å²) in [5, 5.41) is 11.8. The molecule has 1 aliphatic rings. The highest BCUT2D eigenvalue weighted by atomic mass is 32.2. The molecule has 4 nitrogen and oxygen atoms in total. The van der Waals surface area contributed by atoms with Crippen LogP contribution in [0.2, 0.25) is 0 Å². The Labute approximate surface area is 220 Å². The number of carboxylic acids is 1. The SMILES string of the molecule is CCCCCCC(SC1=CCC(c2c(C)cccc2C)C=C1)c1ccc(C(=O)NCCC(=O)O)cc1. The van der Waals surface area contributed by atoms with E-state index in [1.807, 2.05) is 23.9 Å². The van der Waals surface area contributed by atoms with E-state index in [4.69, 9.17) is 5.11 Å². The molecule has 2 unspecified atom stereocenters. The molecule has 2 atom stereocenters. The van der Waals surface area contributed by atoms with E-state index in [1.165, 1.54) is 52.8 Å². The van der Waals surface area contributed by atoms with Gasteiger partial charge in [-0.15, -0.1) is 11.8 Å². The number of benzene rings is 2. The number of rotatable bonds is 13. The number of amides is 1. The summed E-state index contributed by atoms with van der Waals surface area (Å²) in [5.41, 5.74) is 5.95. The number of carboxylic acid groups (broad SMARTS) is 1. The number of aliphatic carboxylic acids is 1. The number of hydrogen-bond acceptors (Lipinski definition) is 3. The lowest BCUT2D eigenvalue weighted by atomic mass is 9.86. The first kappa shape index (κ1) is 27.8. The lowest BCUT2D eigenvalue weighted by Gasteiger charge is -2.23. The summed E-state index contributed by atoms with van der Waals surface area (Å²) in [4.78, 5) is 24.3. The number of thioether (sulfide) groups is 1. The second-order valence-corrected chi connectivity index (χ2v) is 10.9. The van der Waals surface area contributed by atoms with Gasteiger partial charge in [-0.2, -0.15) is 0 Å². The van der Waals surface area contributed by atoms with Crippen molar-refractivity contribution in [1.29, 1.82) is 0 Å². The van der Waals surface area contributed by atoms with Crippen LogP contribution in [0, 0.1) is 13.8 Å². The van der Waals surface area contributed by atoms with Gasteiger partial charge in [-0.1, -0.05) is 81.2 Å². The van der Waals surface area contributed by atoms with Crippen LogP contribution >= 0.6 is 11.8 Å². The Kier molecular flexibility index (Phi) is 10.9. The van der Waals surface area contributed by atoms with Crippen LogP contribution in [0.1, 0.15) is 95.6 Å². The second-order valence-electron chi connectivity index (χ2n) is 9.59. The van der Waals surface area contributed by atoms with Crippen molar-refractivity contribution in [1.82, 2.24) is 5.32 Å². The van der Waals surface area contributed by atoms with Gasteiger partial charge in [-0.3, -0.25) is 9.59 Å². The molecule has 192 valence electrons. The summed E-state index contributed by atoms with van der Waals surface area (Å²) < 4.78 is 0. The molecule has 2 aromatic rings. The van der Waals surface area contributed by atoms with Gasteiger partial charge in [0.15, 0.2) is 0 Å². The molecule has 0 heterocycles. The zero-order chi connectivity index (χ0) is 25.9. The minimum absolute atomic E-state index is 0.0762. The van der Waals surface area contributed by atoms with Crippen LogP contribution in [-0.2, 0) is 4.79 Å². The van der Waals surface area contributed by atoms with Gasteiger partial charge in [-0.25, -0.2) is 0 Å². The van der Waals surface area contributed by atoms with Crippen molar-refractivity contribution in [2.75, 3.05) is 6.54 Å². The van der Waals surface area contributed by atoms with Gasteiger partial charge < -0.3 is 10.4 Å². The fourth-order valence-electron chi connectivity index (χ4n) is 4.76. The van der Waals surface area contributed by atoms with E-state index in [0.29, 0.717) is 16.7 Å². The highest BCUT2D eigenvalue weighted by molar-refractivity contribution is 8.03. The minimum Gasteiger partial charge on any atom is -0.481 e. The van der Waals surface area contributed by atoms with Gasteiger partial charge >= 0.3 is 5.97 Å². The van der Waals surface area contributed by atoms with Crippen molar-refractivity contribution in [3.8, 4) is 0 Å². The maximum Gasteiger partial charge on any atom is 0.305 e. The number of unbranched alkanes of at least 4 members (excludes halogenated alkanes) is 3. The molecular formula is C31H39NO3S. The monoisotopic (exact) mass is 505 g/mol. The van der Waals surface area contributed by atoms with Crippen molar-refractivity contribution < 1.29 is 14.7 Å². The fourth-order valence-corrected chi connectivity index (χ4v) is 6.02. The van der Waals surface area contributed by atoms with Crippen molar-refractivity contribution in [3.63, 3.8) is 0 Å². The van der Waals surface area contributed by atoms with Gasteiger partial charge in [0.1, 0.15) is 0 Å². The van der Waals surface area contributed by atoms with Gasteiger partial charge in [0.2, 0.25) is 0 Å². The van der Waals surface area contributed by atoms with E-state index >= 15 is 0 Å². The molecule has 0 saturated carbocycles. The standard InChI is InChI=1S/C31H39NO3S/c1-4-5-6-7-11-28(24-12-14-26(15-13-24)31(35)32-21-20-29(33)34)36-27-18-16-25(17-19-27)30-22(2)9-8-10-23(30)3/h8-10,12-16,18-19,25,28H,4-7,11,17,20-21H2,1-3H3,(H,32,35)(H,33,34). The number of hydrogen-bond donors (Lipinski definition) is 2. The fraction of sp³-hybridized carbons (Fsp3) is 0.419. The minimum atomic E-state index is -0.917. The third kappa shape index (κ3) is 8.12. The lowest BCUT2D eigenvalue weighted by Crippen LogP contribution is -2.25. The average molecular weight is 506 g/mol. The zero-order valence-electron chi connectivity index (χ0n) is 21.8. The Balaban J connectivity index is 1.67. The molecule has 2 aromatic carbocycles. The molecule has 0 radical (unpaired) electrons. The van der Waals surface area contributed by atoms with Crippen molar-refractivity contribution in [2.45, 2.75) is 76.9 Å². The van der Waals surface area contributed by atoms with E-state index in [2.05, 4.69) is 74.6 Å². The Morgan fingerprint density at radius 1 is 1.06 bits per heavy atom. The molecule has 1 aliphatic carbocycles. The molecule has 0 bridgehead atoms. The number of carbonyl (C=O) groups is 2. The maximum absolute atomic E-state index is 12.3. The van der Waals surface area contributed by atoms with Crippen LogP contribution in [0.4, 0.5) is 0 Å². The lowest BCUT2D eigenvalue weighted by molar-refractivity contribution is -0.136. The summed E-state index contributed by atoms with van der Waals surface area (Å²) in [5.74, 6) is -0.720. The third-order valence-corrected chi connectivity index (χ3v) is 8.11. The normalized spacial score (nSPS) is 15.9. The Morgan fingerprint density at radius 3 is 2.39 bits per heavy atom. The molecule has 2 N–H and O–H groups in total. The van der Waals surface area contributed by atoms with Crippen LogP contribution in [0.15, 0.2) is 65.6 Å². The predicted molar refractivity (Wildman–Crippen MR) is 151 cm³/mol. The first-order valence-electron chi connectivity index (χ1n) is 13.1. The zero-order valence-corrected chi connectivity index (χ0v) is 22.6. The van der Waals surface area contributed by atoms with Gasteiger partial charge in [0.05, 0.1) is 6.42 Å². The van der Waals surface area contributed by atoms with Crippen LogP contribution in [0.25, 0.3) is 0 Å². The molecule has 36 heavy (non-hydrogen) atoms. The van der Waals surface area contributed by atoms with Gasteiger partial charge in [-0.05, 0) is 61.1 Å². The van der Waals surface area contributed by atoms with Crippen LogP contribution in [0.5, 0.6) is 0 Å². The van der Waals surface area contributed by atoms with E-state index in [0.717, 1.165) is 12.8 Å². The highest BCUT2D eigenvalue weighted by Gasteiger charge is 2.19. The first-order chi connectivity index (χ1) is 17.4. The van der Waals surface area contributed by atoms with E-state index < -0.39 is 5.97 Å². The molecule has 0 aliphatic heterocycles. The third-order valence-electron chi connectivity index (χ3n) is 6.75. The molecule has 0 saturated heterocycles. The number of carbonyl (C=O) groups excluding carboxylic acids is 1. The predicted octanol–water partition coefficient (Wildman–Crippen LogP) is 7.88. The van der Waals surface area contributed by atoms with Crippen LogP contribution < -0.4 is 5.32 Å². The van der Waals surface area contributed by atoms with Crippen LogP contribution in [0.3, 0.4) is 0 Å². The van der Waals surface area contributed by atoms with E-state index in [1.54, 1.807) is 0 Å². The van der Waals surface area contributed by atoms with Crippen molar-refractivity contribution in [3.05, 3.63) is 93.4 Å². The molecule has 0 aromatic heterocycles. The van der Waals surface area contributed by atoms with Crippen molar-refractivity contribution in [2.24, 2.45) is 0 Å². The molecule has 3 rings (SSSR count). The topological polar surface area (TPSA) is 66.4 Å². The molecular weight excluding hydrogens is 466 g/mol. The Hall–Kier alpha value is -2.79. The Morgan fingerprint density at radius 2 is 1.78 bits per heavy atom. The van der Waals surface area contributed by atoms with Crippen LogP contribution in [-0.4, -0.2) is 23.5 Å². The highest BCUT2D eigenvalue weighted by Crippen LogP contribution is 2.42. The molecule has 5 heteroatoms. The van der Waals surface area contributed by atoms with Gasteiger partial charge in [0.25, 0.3) is 5.91 Å². The summed E-state index contributed by atoms with van der Waals surface area (Å²) in [6, 6.07) is 14.3. The van der Waals surface area contributed by atoms with E-state index in [-0.39, 0.29) is 18.9 Å². The summed E-state index contributed by atoms with van der Waals surface area (Å²) in [7, 11) is 0. The molecule has 0 spiro atoms. The number of aryl methyl sites for hydroxylation is 2. The first-order valence-corrected chi connectivity index (χ1v) is 14.0. The molecule has 0 fully saturated rings. The average Bonchev–Trinajstić information content (AvgIpc) is 2.86.